The van der Waals surface area contributed by atoms with Crippen molar-refractivity contribution in [3.63, 3.8) is 0 Å². The van der Waals surface area contributed by atoms with Crippen LogP contribution in [-0.2, 0) is 7.05 Å². The molecule has 2 rings (SSSR count). The summed E-state index contributed by atoms with van der Waals surface area (Å²) in [5.41, 5.74) is 0.492. The van der Waals surface area contributed by atoms with Gasteiger partial charge in [0, 0.05) is 13.6 Å². The zero-order valence-corrected chi connectivity index (χ0v) is 8.99. The average molecular weight is 195 g/mol. The summed E-state index contributed by atoms with van der Waals surface area (Å²) < 4.78 is 1.66. The van der Waals surface area contributed by atoms with Gasteiger partial charge in [-0.15, -0.1) is 0 Å². The van der Waals surface area contributed by atoms with Crippen LogP contribution >= 0.6 is 0 Å². The molecule has 1 aromatic rings. The second-order valence-corrected chi connectivity index (χ2v) is 4.50. The van der Waals surface area contributed by atoms with Crippen LogP contribution in [-0.4, -0.2) is 26.8 Å². The number of hydrogen-bond donors (Lipinski definition) is 1. The molecule has 5 heteroatoms. The number of aryl methyl sites for hydroxylation is 1. The van der Waals surface area contributed by atoms with E-state index in [0.717, 1.165) is 18.4 Å². The Morgan fingerprint density at radius 3 is 2.64 bits per heavy atom. The normalized spacial score (nSPS) is 18.6. The van der Waals surface area contributed by atoms with Crippen LogP contribution in [0.1, 0.15) is 26.7 Å². The van der Waals surface area contributed by atoms with Gasteiger partial charge in [-0.2, -0.15) is 0 Å². The monoisotopic (exact) mass is 195 g/mol. The molecule has 78 valence electrons. The van der Waals surface area contributed by atoms with E-state index >= 15 is 0 Å². The molecule has 1 saturated carbocycles. The van der Waals surface area contributed by atoms with Crippen LogP contribution in [0.4, 0.5) is 5.95 Å². The Morgan fingerprint density at radius 2 is 2.21 bits per heavy atom. The number of rotatable bonds is 4. The molecule has 1 aromatic heterocycles. The molecule has 5 nitrogen and oxygen atoms in total. The highest BCUT2D eigenvalue weighted by Gasteiger charge is 2.45. The SMILES string of the molecule is CC(C)C1(CNc2nnnn2C)CC1. The Labute approximate surface area is 83.9 Å². The summed E-state index contributed by atoms with van der Waals surface area (Å²) in [5, 5.41) is 14.6. The van der Waals surface area contributed by atoms with E-state index in [1.165, 1.54) is 12.8 Å². The molecular formula is C9H17N5. The lowest BCUT2D eigenvalue weighted by Crippen LogP contribution is -2.22. The summed E-state index contributed by atoms with van der Waals surface area (Å²) in [6.07, 6.45) is 2.64. The van der Waals surface area contributed by atoms with Gasteiger partial charge in [-0.1, -0.05) is 18.9 Å². The molecule has 0 amide bonds. The van der Waals surface area contributed by atoms with Crippen molar-refractivity contribution in [2.24, 2.45) is 18.4 Å². The van der Waals surface area contributed by atoms with Crippen molar-refractivity contribution in [3.05, 3.63) is 0 Å². The van der Waals surface area contributed by atoms with E-state index in [2.05, 4.69) is 34.7 Å². The van der Waals surface area contributed by atoms with Gasteiger partial charge in [0.05, 0.1) is 0 Å². The average Bonchev–Trinajstić information content (AvgIpc) is 2.83. The minimum Gasteiger partial charge on any atom is -0.353 e. The maximum absolute atomic E-state index is 3.90. The van der Waals surface area contributed by atoms with Crippen molar-refractivity contribution < 1.29 is 0 Å². The topological polar surface area (TPSA) is 55.6 Å². The van der Waals surface area contributed by atoms with Gasteiger partial charge in [-0.05, 0) is 34.6 Å². The molecule has 1 aliphatic carbocycles. The van der Waals surface area contributed by atoms with E-state index in [0.29, 0.717) is 5.41 Å². The number of nitrogens with one attached hydrogen (secondary N) is 1. The molecule has 0 atom stereocenters. The zero-order valence-electron chi connectivity index (χ0n) is 8.99. The van der Waals surface area contributed by atoms with E-state index in [1.54, 1.807) is 4.68 Å². The molecule has 0 aromatic carbocycles. The largest absolute Gasteiger partial charge is 0.353 e. The fourth-order valence-electron chi connectivity index (χ4n) is 1.75. The number of nitrogens with zero attached hydrogens (tertiary/aromatic N) is 4. The van der Waals surface area contributed by atoms with Gasteiger partial charge in [0.25, 0.3) is 0 Å². The summed E-state index contributed by atoms with van der Waals surface area (Å²) >= 11 is 0. The second-order valence-electron chi connectivity index (χ2n) is 4.50. The maximum atomic E-state index is 3.90. The Balaban J connectivity index is 1.92. The number of aromatic nitrogens is 4. The highest BCUT2D eigenvalue weighted by Crippen LogP contribution is 2.51. The number of anilines is 1. The van der Waals surface area contributed by atoms with Gasteiger partial charge in [0.2, 0.25) is 5.95 Å². The van der Waals surface area contributed by atoms with Crippen LogP contribution < -0.4 is 5.32 Å². The van der Waals surface area contributed by atoms with Crippen molar-refractivity contribution in [2.45, 2.75) is 26.7 Å². The first kappa shape index (κ1) is 9.43. The Morgan fingerprint density at radius 1 is 1.50 bits per heavy atom. The summed E-state index contributed by atoms with van der Waals surface area (Å²) in [4.78, 5) is 0. The molecule has 14 heavy (non-hydrogen) atoms. The molecular weight excluding hydrogens is 178 g/mol. The van der Waals surface area contributed by atoms with Gasteiger partial charge in [0.1, 0.15) is 0 Å². The van der Waals surface area contributed by atoms with E-state index in [4.69, 9.17) is 0 Å². The molecule has 0 bridgehead atoms. The first-order chi connectivity index (χ1) is 6.64. The highest BCUT2D eigenvalue weighted by atomic mass is 15.6. The molecule has 1 fully saturated rings. The standard InChI is InChI=1S/C9H17N5/c1-7(2)9(4-5-9)6-10-8-11-12-13-14(8)3/h7H,4-6H2,1-3H3,(H,10,11,13). The van der Waals surface area contributed by atoms with Crippen LogP contribution in [0.25, 0.3) is 0 Å². The molecule has 0 spiro atoms. The van der Waals surface area contributed by atoms with Crippen molar-refractivity contribution in [1.82, 2.24) is 20.2 Å². The Hall–Kier alpha value is -1.13. The van der Waals surface area contributed by atoms with Crippen LogP contribution in [0.5, 0.6) is 0 Å². The lowest BCUT2D eigenvalue weighted by molar-refractivity contribution is 0.379. The van der Waals surface area contributed by atoms with Gasteiger partial charge >= 0.3 is 0 Å². The second kappa shape index (κ2) is 3.22. The third-order valence-corrected chi connectivity index (χ3v) is 3.34. The molecule has 1 aliphatic rings. The first-order valence-corrected chi connectivity index (χ1v) is 5.10. The van der Waals surface area contributed by atoms with Crippen molar-refractivity contribution in [2.75, 3.05) is 11.9 Å². The summed E-state index contributed by atoms with van der Waals surface area (Å²) in [7, 11) is 1.84. The lowest BCUT2D eigenvalue weighted by Gasteiger charge is -2.19. The molecule has 0 saturated heterocycles. The summed E-state index contributed by atoms with van der Waals surface area (Å²) in [6, 6.07) is 0. The van der Waals surface area contributed by atoms with Gasteiger partial charge in [0.15, 0.2) is 0 Å². The fraction of sp³-hybridized carbons (Fsp3) is 0.889. The summed E-state index contributed by atoms with van der Waals surface area (Å²) in [5.74, 6) is 1.49. The van der Waals surface area contributed by atoms with Gasteiger partial charge < -0.3 is 5.32 Å². The van der Waals surface area contributed by atoms with Crippen LogP contribution in [0.3, 0.4) is 0 Å². The number of tetrazole rings is 1. The fourth-order valence-corrected chi connectivity index (χ4v) is 1.75. The van der Waals surface area contributed by atoms with Gasteiger partial charge in [-0.3, -0.25) is 0 Å². The van der Waals surface area contributed by atoms with Crippen LogP contribution in [0.2, 0.25) is 0 Å². The first-order valence-electron chi connectivity index (χ1n) is 5.10. The quantitative estimate of drug-likeness (QED) is 0.780. The van der Waals surface area contributed by atoms with Crippen LogP contribution in [0.15, 0.2) is 0 Å². The zero-order chi connectivity index (χ0) is 10.2. The minimum absolute atomic E-state index is 0.492. The molecule has 1 N–H and O–H groups in total. The molecule has 1 heterocycles. The smallest absolute Gasteiger partial charge is 0.242 e. The van der Waals surface area contributed by atoms with Crippen molar-refractivity contribution in [1.29, 1.82) is 0 Å². The number of hydrogen-bond acceptors (Lipinski definition) is 4. The van der Waals surface area contributed by atoms with Crippen molar-refractivity contribution in [3.8, 4) is 0 Å². The third kappa shape index (κ3) is 1.58. The Kier molecular flexibility index (Phi) is 2.17. The minimum atomic E-state index is 0.492. The van der Waals surface area contributed by atoms with Gasteiger partial charge in [-0.25, -0.2) is 4.68 Å². The predicted molar refractivity (Wildman–Crippen MR) is 53.8 cm³/mol. The third-order valence-electron chi connectivity index (χ3n) is 3.34. The maximum Gasteiger partial charge on any atom is 0.242 e. The van der Waals surface area contributed by atoms with Crippen LogP contribution in [0, 0.1) is 11.3 Å². The van der Waals surface area contributed by atoms with E-state index in [1.807, 2.05) is 7.05 Å². The summed E-state index contributed by atoms with van der Waals surface area (Å²) in [6.45, 7) is 5.55. The molecule has 0 unspecified atom stereocenters. The molecule has 0 aliphatic heterocycles. The van der Waals surface area contributed by atoms with Crippen molar-refractivity contribution >= 4 is 5.95 Å². The highest BCUT2D eigenvalue weighted by molar-refractivity contribution is 5.23. The van der Waals surface area contributed by atoms with E-state index in [-0.39, 0.29) is 0 Å². The predicted octanol–water partition coefficient (Wildman–Crippen LogP) is 1.06. The van der Waals surface area contributed by atoms with E-state index in [9.17, 15) is 0 Å². The van der Waals surface area contributed by atoms with E-state index < -0.39 is 0 Å². The molecule has 0 radical (unpaired) electrons. The lowest BCUT2D eigenvalue weighted by atomic mass is 9.92. The Bertz CT molecular complexity index is 313.